The van der Waals surface area contributed by atoms with Crippen LogP contribution in [0.5, 0.6) is 0 Å². The molecule has 9 heteroatoms. The van der Waals surface area contributed by atoms with Gasteiger partial charge in [-0.1, -0.05) is 17.7 Å². The summed E-state index contributed by atoms with van der Waals surface area (Å²) in [5.74, 6) is 0.437. The Morgan fingerprint density at radius 3 is 2.77 bits per heavy atom. The molecule has 132 valence electrons. The van der Waals surface area contributed by atoms with Crippen molar-refractivity contribution in [3.63, 3.8) is 0 Å². The Bertz CT molecular complexity index is 1250. The Hall–Kier alpha value is -3.13. The van der Waals surface area contributed by atoms with Crippen LogP contribution in [-0.4, -0.2) is 23.7 Å². The molecular weight excluding hydrogens is 358 g/mol. The number of hydrogen-bond donors (Lipinski definition) is 0. The molecule has 0 fully saturated rings. The van der Waals surface area contributed by atoms with Crippen LogP contribution in [-0.2, 0) is 20.6 Å². The Labute approximate surface area is 151 Å². The van der Waals surface area contributed by atoms with Crippen LogP contribution in [0, 0.1) is 0 Å². The van der Waals surface area contributed by atoms with Crippen molar-refractivity contribution in [3.05, 3.63) is 68.4 Å². The van der Waals surface area contributed by atoms with Gasteiger partial charge in [-0.25, -0.2) is 14.8 Å². The molecule has 0 saturated carbocycles. The number of aromatic nitrogens is 5. The first-order valence-corrected chi connectivity index (χ1v) is 8.14. The zero-order valence-corrected chi connectivity index (χ0v) is 14.8. The molecule has 1 aromatic carbocycles. The molecule has 0 bridgehead atoms. The van der Waals surface area contributed by atoms with Crippen LogP contribution >= 0.6 is 11.6 Å². The molecule has 3 aromatic heterocycles. The lowest BCUT2D eigenvalue weighted by atomic mass is 10.2. The van der Waals surface area contributed by atoms with E-state index in [-0.39, 0.29) is 6.54 Å². The zero-order chi connectivity index (χ0) is 18.4. The fraction of sp³-hybridized carbons (Fsp3) is 0.176. The van der Waals surface area contributed by atoms with Gasteiger partial charge in [-0.05, 0) is 18.2 Å². The van der Waals surface area contributed by atoms with E-state index in [9.17, 15) is 9.59 Å². The normalized spacial score (nSPS) is 11.3. The van der Waals surface area contributed by atoms with Gasteiger partial charge >= 0.3 is 5.69 Å². The first-order chi connectivity index (χ1) is 12.5. The predicted molar refractivity (Wildman–Crippen MR) is 96.3 cm³/mol. The second-order valence-corrected chi connectivity index (χ2v) is 6.34. The highest BCUT2D eigenvalue weighted by Gasteiger charge is 2.15. The molecule has 0 aliphatic carbocycles. The molecule has 0 saturated heterocycles. The van der Waals surface area contributed by atoms with Crippen molar-refractivity contribution >= 4 is 22.8 Å². The number of rotatable bonds is 3. The van der Waals surface area contributed by atoms with Gasteiger partial charge in [0, 0.05) is 24.7 Å². The van der Waals surface area contributed by atoms with Gasteiger partial charge < -0.3 is 8.98 Å². The largest absolute Gasteiger partial charge is 0.444 e. The second-order valence-electron chi connectivity index (χ2n) is 5.90. The summed E-state index contributed by atoms with van der Waals surface area (Å²) < 4.78 is 9.57. The number of benzene rings is 1. The summed E-state index contributed by atoms with van der Waals surface area (Å²) in [4.78, 5) is 33.1. The number of fused-ring (bicyclic) bond motifs is 1. The van der Waals surface area contributed by atoms with E-state index in [4.69, 9.17) is 16.0 Å². The molecule has 0 spiro atoms. The summed E-state index contributed by atoms with van der Waals surface area (Å²) in [5.41, 5.74) is 1.22. The van der Waals surface area contributed by atoms with E-state index in [1.807, 2.05) is 12.1 Å². The summed E-state index contributed by atoms with van der Waals surface area (Å²) in [6.45, 7) is 0.286. The lowest BCUT2D eigenvalue weighted by Crippen LogP contribution is -2.37. The molecule has 0 N–H and O–H groups in total. The molecule has 0 atom stereocenters. The van der Waals surface area contributed by atoms with E-state index < -0.39 is 11.2 Å². The highest BCUT2D eigenvalue weighted by molar-refractivity contribution is 6.30. The van der Waals surface area contributed by atoms with Crippen LogP contribution in [0.15, 0.2) is 50.9 Å². The monoisotopic (exact) mass is 371 g/mol. The van der Waals surface area contributed by atoms with Gasteiger partial charge in [0.15, 0.2) is 11.2 Å². The first kappa shape index (κ1) is 16.3. The van der Waals surface area contributed by atoms with Crippen molar-refractivity contribution in [2.75, 3.05) is 0 Å². The zero-order valence-electron chi connectivity index (χ0n) is 14.0. The van der Waals surface area contributed by atoms with E-state index in [0.717, 1.165) is 10.1 Å². The van der Waals surface area contributed by atoms with Crippen LogP contribution in [0.1, 0.15) is 5.69 Å². The van der Waals surface area contributed by atoms with Crippen molar-refractivity contribution in [2.24, 2.45) is 14.1 Å². The smallest absolute Gasteiger partial charge is 0.332 e. The molecule has 0 radical (unpaired) electrons. The lowest BCUT2D eigenvalue weighted by molar-refractivity contribution is 0.571. The third-order valence-electron chi connectivity index (χ3n) is 4.17. The summed E-state index contributed by atoms with van der Waals surface area (Å²) in [6, 6.07) is 7.19. The van der Waals surface area contributed by atoms with Gasteiger partial charge in [0.2, 0.25) is 5.89 Å². The molecule has 0 aliphatic heterocycles. The predicted octanol–water partition coefficient (Wildman–Crippen LogP) is 1.79. The van der Waals surface area contributed by atoms with Gasteiger partial charge in [-0.2, -0.15) is 0 Å². The van der Waals surface area contributed by atoms with Gasteiger partial charge in [0.25, 0.3) is 5.56 Å². The molecule has 8 nitrogen and oxygen atoms in total. The average molecular weight is 372 g/mol. The molecule has 4 rings (SSSR count). The number of halogens is 1. The summed E-state index contributed by atoms with van der Waals surface area (Å²) >= 11 is 6.00. The maximum atomic E-state index is 12.5. The molecular formula is C17H14ClN5O3. The Balaban J connectivity index is 1.75. The molecule has 0 amide bonds. The second kappa shape index (κ2) is 5.99. The highest BCUT2D eigenvalue weighted by Crippen LogP contribution is 2.22. The third kappa shape index (κ3) is 2.55. The molecule has 26 heavy (non-hydrogen) atoms. The summed E-state index contributed by atoms with van der Waals surface area (Å²) in [6.07, 6.45) is 3.04. The lowest BCUT2D eigenvalue weighted by Gasteiger charge is -2.05. The van der Waals surface area contributed by atoms with Crippen LogP contribution in [0.2, 0.25) is 5.02 Å². The number of imidazole rings is 1. The first-order valence-electron chi connectivity index (χ1n) is 7.77. The van der Waals surface area contributed by atoms with Gasteiger partial charge in [-0.3, -0.25) is 13.9 Å². The maximum Gasteiger partial charge on any atom is 0.332 e. The number of nitrogens with zero attached hydrogens (tertiary/aromatic N) is 5. The average Bonchev–Trinajstić information content (AvgIpc) is 3.26. The van der Waals surface area contributed by atoms with E-state index in [0.29, 0.717) is 27.8 Å². The third-order valence-corrected chi connectivity index (χ3v) is 4.41. The van der Waals surface area contributed by atoms with E-state index in [2.05, 4.69) is 9.97 Å². The van der Waals surface area contributed by atoms with E-state index in [1.165, 1.54) is 24.2 Å². The van der Waals surface area contributed by atoms with E-state index >= 15 is 0 Å². The van der Waals surface area contributed by atoms with Crippen molar-refractivity contribution in [1.29, 1.82) is 0 Å². The number of oxazole rings is 1. The molecule has 0 aliphatic rings. The van der Waals surface area contributed by atoms with Crippen molar-refractivity contribution in [3.8, 4) is 11.5 Å². The minimum absolute atomic E-state index is 0.286. The Morgan fingerprint density at radius 2 is 2.00 bits per heavy atom. The fourth-order valence-corrected chi connectivity index (χ4v) is 3.02. The van der Waals surface area contributed by atoms with Crippen molar-refractivity contribution < 1.29 is 4.42 Å². The van der Waals surface area contributed by atoms with Crippen LogP contribution in [0.25, 0.3) is 22.6 Å². The van der Waals surface area contributed by atoms with Crippen LogP contribution in [0.4, 0.5) is 0 Å². The SMILES string of the molecule is Cn1c(=O)c2c(ncn2Cc2coc(-c3cccc(Cl)c3)n2)n(C)c1=O. The number of hydrogen-bond acceptors (Lipinski definition) is 5. The van der Waals surface area contributed by atoms with E-state index in [1.54, 1.807) is 23.7 Å². The highest BCUT2D eigenvalue weighted by atomic mass is 35.5. The Kier molecular flexibility index (Phi) is 3.77. The van der Waals surface area contributed by atoms with Crippen molar-refractivity contribution in [2.45, 2.75) is 6.54 Å². The minimum atomic E-state index is -0.419. The maximum absolute atomic E-state index is 12.5. The number of aryl methyl sites for hydroxylation is 1. The molecule has 3 heterocycles. The van der Waals surface area contributed by atoms with Gasteiger partial charge in [0.1, 0.15) is 6.26 Å². The van der Waals surface area contributed by atoms with Gasteiger partial charge in [-0.15, -0.1) is 0 Å². The van der Waals surface area contributed by atoms with Crippen molar-refractivity contribution in [1.82, 2.24) is 23.7 Å². The van der Waals surface area contributed by atoms with Crippen LogP contribution in [0.3, 0.4) is 0 Å². The standard InChI is InChI=1S/C17H14ClN5O3/c1-21-14-13(16(24)22(2)17(21)25)23(9-19-14)7-12-8-26-15(20-12)10-4-3-5-11(18)6-10/h3-6,8-9H,7H2,1-2H3. The summed E-state index contributed by atoms with van der Waals surface area (Å²) in [7, 11) is 3.02. The van der Waals surface area contributed by atoms with Crippen LogP contribution < -0.4 is 11.2 Å². The molecule has 4 aromatic rings. The van der Waals surface area contributed by atoms with Gasteiger partial charge in [0.05, 0.1) is 18.6 Å². The quantitative estimate of drug-likeness (QED) is 0.548. The molecule has 0 unspecified atom stereocenters. The summed E-state index contributed by atoms with van der Waals surface area (Å²) in [5, 5.41) is 0.590. The fourth-order valence-electron chi connectivity index (χ4n) is 2.83. The minimum Gasteiger partial charge on any atom is -0.444 e. The Morgan fingerprint density at radius 1 is 1.19 bits per heavy atom. The topological polar surface area (TPSA) is 87.8 Å².